The van der Waals surface area contributed by atoms with Gasteiger partial charge in [-0.3, -0.25) is 4.79 Å². The summed E-state index contributed by atoms with van der Waals surface area (Å²) in [4.78, 5) is 17.0. The zero-order chi connectivity index (χ0) is 19.4. The number of hydrogen-bond acceptors (Lipinski definition) is 5. The third-order valence-electron chi connectivity index (χ3n) is 5.48. The molecule has 1 amide bonds. The number of rotatable bonds is 7. The number of carbonyl (C=O) groups excluding carboxylic acids is 1. The predicted octanol–water partition coefficient (Wildman–Crippen LogP) is 3.38. The first-order valence-corrected chi connectivity index (χ1v) is 10.1. The van der Waals surface area contributed by atoms with E-state index >= 15 is 0 Å². The number of nitrogens with one attached hydrogen (secondary N) is 1. The van der Waals surface area contributed by atoms with Crippen molar-refractivity contribution in [3.05, 3.63) is 12.1 Å². The molecule has 1 aliphatic carbocycles. The van der Waals surface area contributed by atoms with E-state index in [1.807, 2.05) is 19.2 Å². The maximum absolute atomic E-state index is 12.5. The van der Waals surface area contributed by atoms with Gasteiger partial charge in [-0.05, 0) is 50.5 Å². The van der Waals surface area contributed by atoms with Gasteiger partial charge in [-0.15, -0.1) is 0 Å². The molecular formula is C20H31N5O2. The number of hydrogen-bond donors (Lipinski definition) is 2. The largest absolute Gasteiger partial charge is 0.474 e. The molecule has 0 radical (unpaired) electrons. The molecule has 0 saturated heterocycles. The maximum atomic E-state index is 12.5. The Morgan fingerprint density at radius 1 is 1.30 bits per heavy atom. The number of anilines is 1. The minimum Gasteiger partial charge on any atom is -0.474 e. The molecule has 1 aliphatic rings. The van der Waals surface area contributed by atoms with Crippen molar-refractivity contribution in [1.29, 1.82) is 0 Å². The molecule has 148 valence electrons. The van der Waals surface area contributed by atoms with E-state index in [4.69, 9.17) is 10.5 Å². The van der Waals surface area contributed by atoms with Gasteiger partial charge in [0.2, 0.25) is 11.8 Å². The van der Waals surface area contributed by atoms with Crippen molar-refractivity contribution in [1.82, 2.24) is 14.8 Å². The number of aromatic nitrogens is 3. The number of nitrogens with two attached hydrogens (primary N) is 1. The lowest BCUT2D eigenvalue weighted by molar-refractivity contribution is -0.117. The van der Waals surface area contributed by atoms with Crippen LogP contribution in [0, 0.1) is 5.92 Å². The van der Waals surface area contributed by atoms with Crippen molar-refractivity contribution in [2.75, 3.05) is 5.32 Å². The average Bonchev–Trinajstić information content (AvgIpc) is 2.96. The molecule has 7 heteroatoms. The lowest BCUT2D eigenvalue weighted by Crippen LogP contribution is -2.28. The fraction of sp³-hybridized carbons (Fsp3) is 0.650. The van der Waals surface area contributed by atoms with Crippen LogP contribution < -0.4 is 15.8 Å². The molecule has 0 spiro atoms. The SMILES string of the molecule is CCC(CC)Oc1ccc2c(NC(=O)CC3CCC(N)CC3)nn(C)c2n1. The van der Waals surface area contributed by atoms with Crippen molar-refractivity contribution in [2.45, 2.75) is 70.9 Å². The van der Waals surface area contributed by atoms with Crippen molar-refractivity contribution >= 4 is 22.8 Å². The van der Waals surface area contributed by atoms with E-state index in [9.17, 15) is 4.79 Å². The van der Waals surface area contributed by atoms with E-state index in [-0.39, 0.29) is 12.0 Å². The fourth-order valence-electron chi connectivity index (χ4n) is 3.74. The Labute approximate surface area is 160 Å². The third-order valence-corrected chi connectivity index (χ3v) is 5.48. The zero-order valence-corrected chi connectivity index (χ0v) is 16.6. The predicted molar refractivity (Wildman–Crippen MR) is 107 cm³/mol. The second-order valence-electron chi connectivity index (χ2n) is 7.58. The van der Waals surface area contributed by atoms with Crippen molar-refractivity contribution in [3.8, 4) is 5.88 Å². The van der Waals surface area contributed by atoms with Crippen LogP contribution in [0.2, 0.25) is 0 Å². The number of aryl methyl sites for hydroxylation is 1. The van der Waals surface area contributed by atoms with Crippen LogP contribution in [-0.2, 0) is 11.8 Å². The second-order valence-corrected chi connectivity index (χ2v) is 7.58. The van der Waals surface area contributed by atoms with Crippen LogP contribution in [0.4, 0.5) is 5.82 Å². The zero-order valence-electron chi connectivity index (χ0n) is 16.6. The molecule has 0 atom stereocenters. The van der Waals surface area contributed by atoms with E-state index < -0.39 is 0 Å². The Morgan fingerprint density at radius 2 is 2.00 bits per heavy atom. The summed E-state index contributed by atoms with van der Waals surface area (Å²) < 4.78 is 7.61. The quantitative estimate of drug-likeness (QED) is 0.776. The monoisotopic (exact) mass is 373 g/mol. The first-order chi connectivity index (χ1) is 13.0. The average molecular weight is 374 g/mol. The van der Waals surface area contributed by atoms with Crippen LogP contribution in [-0.4, -0.2) is 32.8 Å². The highest BCUT2D eigenvalue weighted by molar-refractivity contribution is 5.98. The van der Waals surface area contributed by atoms with Gasteiger partial charge in [0.05, 0.1) is 11.5 Å². The highest BCUT2D eigenvalue weighted by Crippen LogP contribution is 2.28. The normalized spacial score (nSPS) is 20.2. The lowest BCUT2D eigenvalue weighted by atomic mass is 9.84. The Morgan fingerprint density at radius 3 is 2.67 bits per heavy atom. The van der Waals surface area contributed by atoms with Crippen molar-refractivity contribution in [3.63, 3.8) is 0 Å². The molecule has 1 fully saturated rings. The van der Waals surface area contributed by atoms with Gasteiger partial charge in [0.15, 0.2) is 11.5 Å². The highest BCUT2D eigenvalue weighted by atomic mass is 16.5. The van der Waals surface area contributed by atoms with Crippen molar-refractivity contribution < 1.29 is 9.53 Å². The molecule has 0 aliphatic heterocycles. The van der Waals surface area contributed by atoms with Crippen LogP contribution in [0.3, 0.4) is 0 Å². The van der Waals surface area contributed by atoms with E-state index in [1.54, 1.807) is 4.68 Å². The Kier molecular flexibility index (Phi) is 6.31. The summed E-state index contributed by atoms with van der Waals surface area (Å²) in [5.74, 6) is 1.58. The molecule has 2 heterocycles. The van der Waals surface area contributed by atoms with E-state index in [2.05, 4.69) is 29.2 Å². The summed E-state index contributed by atoms with van der Waals surface area (Å²) in [6.07, 6.45) is 6.62. The number of nitrogens with zero attached hydrogens (tertiary/aromatic N) is 3. The molecule has 3 rings (SSSR count). The van der Waals surface area contributed by atoms with Gasteiger partial charge in [-0.25, -0.2) is 4.68 Å². The minimum atomic E-state index is 0.00725. The first-order valence-electron chi connectivity index (χ1n) is 10.1. The first kappa shape index (κ1) is 19.6. The van der Waals surface area contributed by atoms with Gasteiger partial charge < -0.3 is 15.8 Å². The molecule has 1 saturated carbocycles. The Bertz CT molecular complexity index is 776. The molecular weight excluding hydrogens is 342 g/mol. The van der Waals surface area contributed by atoms with Crippen LogP contribution >= 0.6 is 0 Å². The molecule has 0 aromatic carbocycles. The van der Waals surface area contributed by atoms with Gasteiger partial charge in [0.1, 0.15) is 0 Å². The van der Waals surface area contributed by atoms with E-state index in [1.165, 1.54) is 0 Å². The second kappa shape index (κ2) is 8.69. The number of fused-ring (bicyclic) bond motifs is 1. The molecule has 0 unspecified atom stereocenters. The van der Waals surface area contributed by atoms with Crippen LogP contribution in [0.15, 0.2) is 12.1 Å². The van der Waals surface area contributed by atoms with Gasteiger partial charge in [0.25, 0.3) is 0 Å². The Balaban J connectivity index is 1.69. The third kappa shape index (κ3) is 4.77. The molecule has 3 N–H and O–H groups in total. The Hall–Kier alpha value is -2.15. The van der Waals surface area contributed by atoms with Gasteiger partial charge in [-0.1, -0.05) is 13.8 Å². The molecule has 7 nitrogen and oxygen atoms in total. The molecule has 0 bridgehead atoms. The number of ether oxygens (including phenoxy) is 1. The standard InChI is InChI=1S/C20H31N5O2/c1-4-15(5-2)27-18-11-10-16-19(24-25(3)20(16)23-18)22-17(26)12-13-6-8-14(21)9-7-13/h10-11,13-15H,4-9,12,21H2,1-3H3,(H,22,24,26). The summed E-state index contributed by atoms with van der Waals surface area (Å²) in [5, 5.41) is 8.23. The highest BCUT2D eigenvalue weighted by Gasteiger charge is 2.22. The van der Waals surface area contributed by atoms with Gasteiger partial charge >= 0.3 is 0 Å². The van der Waals surface area contributed by atoms with Crippen LogP contribution in [0.5, 0.6) is 5.88 Å². The lowest BCUT2D eigenvalue weighted by Gasteiger charge is -2.25. The van der Waals surface area contributed by atoms with Crippen LogP contribution in [0.25, 0.3) is 11.0 Å². The maximum Gasteiger partial charge on any atom is 0.225 e. The molecule has 2 aromatic rings. The minimum absolute atomic E-state index is 0.00725. The molecule has 2 aromatic heterocycles. The van der Waals surface area contributed by atoms with Gasteiger partial charge in [-0.2, -0.15) is 10.1 Å². The topological polar surface area (TPSA) is 95.1 Å². The summed E-state index contributed by atoms with van der Waals surface area (Å²) in [6, 6.07) is 4.06. The fourth-order valence-corrected chi connectivity index (χ4v) is 3.74. The number of pyridine rings is 1. The summed E-state index contributed by atoms with van der Waals surface area (Å²) in [7, 11) is 1.83. The van der Waals surface area contributed by atoms with Crippen LogP contribution in [0.1, 0.15) is 58.8 Å². The molecule has 27 heavy (non-hydrogen) atoms. The number of amides is 1. The van der Waals surface area contributed by atoms with E-state index in [0.717, 1.165) is 43.9 Å². The summed E-state index contributed by atoms with van der Waals surface area (Å²) >= 11 is 0. The number of carbonyl (C=O) groups is 1. The van der Waals surface area contributed by atoms with Crippen molar-refractivity contribution in [2.24, 2.45) is 18.7 Å². The smallest absolute Gasteiger partial charge is 0.225 e. The van der Waals surface area contributed by atoms with E-state index in [0.29, 0.717) is 35.7 Å². The van der Waals surface area contributed by atoms with Gasteiger partial charge in [0, 0.05) is 25.6 Å². The summed E-state index contributed by atoms with van der Waals surface area (Å²) in [5.41, 5.74) is 6.65. The summed E-state index contributed by atoms with van der Waals surface area (Å²) in [6.45, 7) is 4.20.